The Morgan fingerprint density at radius 3 is 2.88 bits per heavy atom. The van der Waals surface area contributed by atoms with Crippen LogP contribution in [0.4, 0.5) is 8.78 Å². The van der Waals surface area contributed by atoms with Crippen LogP contribution >= 0.6 is 11.6 Å². The van der Waals surface area contributed by atoms with E-state index >= 15 is 0 Å². The van der Waals surface area contributed by atoms with Crippen molar-refractivity contribution in [2.45, 2.75) is 12.3 Å². The molecule has 2 amide bonds. The maximum absolute atomic E-state index is 13.2. The Balaban J connectivity index is 1.68. The van der Waals surface area contributed by atoms with Gasteiger partial charge in [0.25, 0.3) is 11.8 Å². The summed E-state index contributed by atoms with van der Waals surface area (Å²) in [5.41, 5.74) is 0.753. The molecule has 3 rings (SSSR count). The topological polar surface area (TPSA) is 69.3 Å². The van der Waals surface area contributed by atoms with Crippen LogP contribution in [0.5, 0.6) is 0 Å². The second-order valence-electron chi connectivity index (χ2n) is 5.86. The smallest absolute Gasteiger partial charge is 0.270 e. The van der Waals surface area contributed by atoms with Crippen LogP contribution in [-0.2, 0) is 4.79 Å². The number of rotatable bonds is 3. The number of amides is 2. The Hall–Kier alpha value is -2.22. The Bertz CT molecular complexity index is 808. The van der Waals surface area contributed by atoms with Crippen LogP contribution in [0.3, 0.4) is 0 Å². The summed E-state index contributed by atoms with van der Waals surface area (Å²) in [7, 11) is 1.44. The Kier molecular flexibility index (Phi) is 4.16. The number of carbonyl (C=O) groups excluding carboxylic acids is 2. The second-order valence-corrected chi connectivity index (χ2v) is 6.29. The van der Waals surface area contributed by atoms with E-state index in [1.807, 2.05) is 0 Å². The third kappa shape index (κ3) is 3.33. The molecule has 0 spiro atoms. The summed E-state index contributed by atoms with van der Waals surface area (Å²) in [6.45, 7) is -0.857. The van der Waals surface area contributed by atoms with Crippen molar-refractivity contribution >= 4 is 34.4 Å². The van der Waals surface area contributed by atoms with Gasteiger partial charge in [0.2, 0.25) is 5.91 Å². The Morgan fingerprint density at radius 2 is 2.21 bits per heavy atom. The monoisotopic (exact) mass is 356 g/mol. The maximum Gasteiger partial charge on any atom is 0.270 e. The van der Waals surface area contributed by atoms with Gasteiger partial charge in [0.15, 0.2) is 0 Å². The molecule has 0 unspecified atom stereocenters. The van der Waals surface area contributed by atoms with Crippen LogP contribution in [-0.4, -0.2) is 64.2 Å². The summed E-state index contributed by atoms with van der Waals surface area (Å²) in [5.74, 6) is -3.77. The van der Waals surface area contributed by atoms with E-state index in [4.69, 9.17) is 11.6 Å². The number of H-pyrrole nitrogens is 1. The molecule has 128 valence electrons. The van der Waals surface area contributed by atoms with Gasteiger partial charge in [-0.05, 0) is 12.1 Å². The lowest BCUT2D eigenvalue weighted by molar-refractivity contribution is -0.132. The van der Waals surface area contributed by atoms with Gasteiger partial charge in [-0.15, -0.1) is 0 Å². The van der Waals surface area contributed by atoms with Crippen LogP contribution in [0, 0.1) is 0 Å². The zero-order valence-corrected chi connectivity index (χ0v) is 13.6. The van der Waals surface area contributed by atoms with Crippen molar-refractivity contribution < 1.29 is 18.4 Å². The minimum atomic E-state index is -2.85. The van der Waals surface area contributed by atoms with E-state index in [1.54, 1.807) is 12.1 Å². The molecule has 1 saturated heterocycles. The molecule has 0 radical (unpaired) electrons. The van der Waals surface area contributed by atoms with Gasteiger partial charge in [-0.1, -0.05) is 11.6 Å². The molecule has 1 fully saturated rings. The predicted molar refractivity (Wildman–Crippen MR) is 84.2 cm³/mol. The average Bonchev–Trinajstić information content (AvgIpc) is 3.08. The third-order valence-corrected chi connectivity index (χ3v) is 4.12. The van der Waals surface area contributed by atoms with Gasteiger partial charge in [0.05, 0.1) is 18.1 Å². The SMILES string of the molecule is CN(CC(=O)N1CCC(F)(F)C1)C(=O)c1cc2cc(Cl)cnc2[nH]1. The maximum atomic E-state index is 13.2. The van der Waals surface area contributed by atoms with Crippen molar-refractivity contribution in [2.75, 3.05) is 26.7 Å². The summed E-state index contributed by atoms with van der Waals surface area (Å²) < 4.78 is 26.3. The number of alkyl halides is 2. The normalized spacial score (nSPS) is 16.6. The highest BCUT2D eigenvalue weighted by Gasteiger charge is 2.40. The van der Waals surface area contributed by atoms with Crippen molar-refractivity contribution in [1.29, 1.82) is 0 Å². The second kappa shape index (κ2) is 6.01. The quantitative estimate of drug-likeness (QED) is 0.916. The number of nitrogens with one attached hydrogen (secondary N) is 1. The molecule has 1 N–H and O–H groups in total. The number of hydrogen-bond donors (Lipinski definition) is 1. The molecule has 3 heterocycles. The minimum Gasteiger partial charge on any atom is -0.335 e. The van der Waals surface area contributed by atoms with Gasteiger partial charge in [-0.2, -0.15) is 0 Å². The predicted octanol–water partition coefficient (Wildman–Crippen LogP) is 2.16. The molecule has 0 aromatic carbocycles. The number of hydrogen-bond acceptors (Lipinski definition) is 3. The molecule has 0 saturated carbocycles. The van der Waals surface area contributed by atoms with Gasteiger partial charge in [-0.3, -0.25) is 9.59 Å². The van der Waals surface area contributed by atoms with E-state index in [0.717, 1.165) is 4.90 Å². The van der Waals surface area contributed by atoms with E-state index in [1.165, 1.54) is 18.1 Å². The largest absolute Gasteiger partial charge is 0.335 e. The number of halogens is 3. The summed E-state index contributed by atoms with van der Waals surface area (Å²) in [6, 6.07) is 3.25. The van der Waals surface area contributed by atoms with E-state index < -0.39 is 24.3 Å². The summed E-state index contributed by atoms with van der Waals surface area (Å²) in [5, 5.41) is 1.11. The Labute approximate surface area is 141 Å². The summed E-state index contributed by atoms with van der Waals surface area (Å²) in [6.07, 6.45) is 1.11. The highest BCUT2D eigenvalue weighted by atomic mass is 35.5. The molecule has 0 bridgehead atoms. The fourth-order valence-corrected chi connectivity index (χ4v) is 2.80. The highest BCUT2D eigenvalue weighted by Crippen LogP contribution is 2.26. The van der Waals surface area contributed by atoms with Crippen molar-refractivity contribution in [3.8, 4) is 0 Å². The average molecular weight is 357 g/mol. The highest BCUT2D eigenvalue weighted by molar-refractivity contribution is 6.31. The molecule has 6 nitrogen and oxygen atoms in total. The Morgan fingerprint density at radius 1 is 1.46 bits per heavy atom. The van der Waals surface area contributed by atoms with E-state index in [9.17, 15) is 18.4 Å². The number of nitrogens with zero attached hydrogens (tertiary/aromatic N) is 3. The first-order valence-corrected chi connectivity index (χ1v) is 7.68. The van der Waals surface area contributed by atoms with Crippen molar-refractivity contribution in [2.24, 2.45) is 0 Å². The number of aromatic amines is 1. The molecular weight excluding hydrogens is 342 g/mol. The van der Waals surface area contributed by atoms with Crippen LogP contribution in [0.25, 0.3) is 11.0 Å². The van der Waals surface area contributed by atoms with E-state index in [0.29, 0.717) is 16.1 Å². The molecule has 2 aromatic rings. The van der Waals surface area contributed by atoms with Crippen molar-refractivity contribution in [3.05, 3.63) is 29.0 Å². The van der Waals surface area contributed by atoms with Gasteiger partial charge < -0.3 is 14.8 Å². The zero-order chi connectivity index (χ0) is 17.5. The third-order valence-electron chi connectivity index (χ3n) is 3.91. The standard InChI is InChI=1S/C15H15ClF2N4O2/c1-21(7-12(23)22-3-2-15(17,18)8-22)14(24)11-5-9-4-10(16)6-19-13(9)20-11/h4-6H,2-3,7-8H2,1H3,(H,19,20). The first-order chi connectivity index (χ1) is 11.2. The number of carbonyl (C=O) groups is 2. The molecule has 1 aliphatic heterocycles. The lowest BCUT2D eigenvalue weighted by atomic mass is 10.3. The zero-order valence-electron chi connectivity index (χ0n) is 12.9. The fraction of sp³-hybridized carbons (Fsp3) is 0.400. The van der Waals surface area contributed by atoms with Gasteiger partial charge in [0.1, 0.15) is 11.3 Å². The number of pyridine rings is 1. The first-order valence-electron chi connectivity index (χ1n) is 7.30. The lowest BCUT2D eigenvalue weighted by Crippen LogP contribution is -2.41. The van der Waals surface area contributed by atoms with Crippen LogP contribution in [0.1, 0.15) is 16.9 Å². The van der Waals surface area contributed by atoms with E-state index in [-0.39, 0.29) is 25.2 Å². The molecule has 2 aromatic heterocycles. The van der Waals surface area contributed by atoms with E-state index in [2.05, 4.69) is 9.97 Å². The van der Waals surface area contributed by atoms with Crippen LogP contribution in [0.15, 0.2) is 18.3 Å². The number of likely N-dealkylation sites (N-methyl/N-ethyl adjacent to an activating group) is 1. The van der Waals surface area contributed by atoms with Crippen molar-refractivity contribution in [3.63, 3.8) is 0 Å². The number of aromatic nitrogens is 2. The van der Waals surface area contributed by atoms with Crippen molar-refractivity contribution in [1.82, 2.24) is 19.8 Å². The number of fused-ring (bicyclic) bond motifs is 1. The number of likely N-dealkylation sites (tertiary alicyclic amines) is 1. The van der Waals surface area contributed by atoms with Gasteiger partial charge in [0, 0.05) is 31.6 Å². The van der Waals surface area contributed by atoms with Gasteiger partial charge >= 0.3 is 0 Å². The summed E-state index contributed by atoms with van der Waals surface area (Å²) in [4.78, 5) is 33.6. The minimum absolute atomic E-state index is 0.00265. The first kappa shape index (κ1) is 16.6. The lowest BCUT2D eigenvalue weighted by Gasteiger charge is -2.21. The summed E-state index contributed by atoms with van der Waals surface area (Å²) >= 11 is 5.85. The van der Waals surface area contributed by atoms with Gasteiger partial charge in [-0.25, -0.2) is 13.8 Å². The van der Waals surface area contributed by atoms with Crippen LogP contribution in [0.2, 0.25) is 5.02 Å². The molecular formula is C15H15ClF2N4O2. The fourth-order valence-electron chi connectivity index (χ4n) is 2.63. The molecule has 24 heavy (non-hydrogen) atoms. The van der Waals surface area contributed by atoms with Crippen LogP contribution < -0.4 is 0 Å². The molecule has 9 heteroatoms. The molecule has 1 aliphatic rings. The molecule has 0 aliphatic carbocycles. The molecule has 0 atom stereocenters.